The van der Waals surface area contributed by atoms with Crippen molar-refractivity contribution >= 4 is 31.6 Å². The van der Waals surface area contributed by atoms with Gasteiger partial charge in [-0.25, -0.2) is 8.42 Å². The summed E-state index contributed by atoms with van der Waals surface area (Å²) in [5.41, 5.74) is 1.93. The average molecular weight is 370 g/mol. The summed E-state index contributed by atoms with van der Waals surface area (Å²) in [5, 5.41) is 0. The lowest BCUT2D eigenvalue weighted by molar-refractivity contribution is 0.411. The monoisotopic (exact) mass is 369 g/mol. The van der Waals surface area contributed by atoms with Crippen LogP contribution < -0.4 is 9.46 Å². The van der Waals surface area contributed by atoms with Crippen molar-refractivity contribution in [2.75, 3.05) is 11.8 Å². The van der Waals surface area contributed by atoms with Crippen LogP contribution in [0.25, 0.3) is 0 Å². The second-order valence-electron chi connectivity index (χ2n) is 4.70. The maximum atomic E-state index is 12.5. The Hall–Kier alpha value is -1.53. The topological polar surface area (TPSA) is 55.4 Å². The summed E-state index contributed by atoms with van der Waals surface area (Å²) in [6, 6.07) is 10.4. The molecule has 0 spiro atoms. The molecular formula is C15H16BrNO3S. The maximum Gasteiger partial charge on any atom is 0.262 e. The standard InChI is InChI=1S/C15H16BrNO3S/c1-10-8-15(11(2)7-14(10)20-3)21(18,19)17-13-6-4-5-12(16)9-13/h4-9,17H,1-3H3. The zero-order chi connectivity index (χ0) is 15.6. The number of sulfonamides is 1. The van der Waals surface area contributed by atoms with E-state index in [0.717, 1.165) is 10.0 Å². The van der Waals surface area contributed by atoms with Crippen molar-refractivity contribution in [1.29, 1.82) is 0 Å². The molecule has 2 aromatic rings. The van der Waals surface area contributed by atoms with Crippen LogP contribution in [0.4, 0.5) is 5.69 Å². The van der Waals surface area contributed by atoms with E-state index in [-0.39, 0.29) is 4.90 Å². The zero-order valence-electron chi connectivity index (χ0n) is 12.0. The summed E-state index contributed by atoms with van der Waals surface area (Å²) < 4.78 is 33.6. The molecule has 0 aromatic heterocycles. The Morgan fingerprint density at radius 2 is 1.81 bits per heavy atom. The number of nitrogens with one attached hydrogen (secondary N) is 1. The summed E-state index contributed by atoms with van der Waals surface area (Å²) in [6.07, 6.45) is 0. The fraction of sp³-hybridized carbons (Fsp3) is 0.200. The molecule has 0 amide bonds. The normalized spacial score (nSPS) is 11.2. The molecule has 2 rings (SSSR count). The van der Waals surface area contributed by atoms with Crippen LogP contribution in [-0.4, -0.2) is 15.5 Å². The average Bonchev–Trinajstić information content (AvgIpc) is 2.40. The first-order valence-electron chi connectivity index (χ1n) is 6.27. The second kappa shape index (κ2) is 6.07. The van der Waals surface area contributed by atoms with Crippen molar-refractivity contribution in [2.24, 2.45) is 0 Å². The third-order valence-corrected chi connectivity index (χ3v) is 5.08. The molecule has 1 N–H and O–H groups in total. The first-order chi connectivity index (χ1) is 9.83. The molecule has 0 saturated carbocycles. The molecule has 0 radical (unpaired) electrons. The van der Waals surface area contributed by atoms with Crippen molar-refractivity contribution in [1.82, 2.24) is 0 Å². The Morgan fingerprint density at radius 3 is 2.43 bits per heavy atom. The first-order valence-corrected chi connectivity index (χ1v) is 8.55. The molecular weight excluding hydrogens is 354 g/mol. The summed E-state index contributed by atoms with van der Waals surface area (Å²) >= 11 is 3.32. The second-order valence-corrected chi connectivity index (χ2v) is 7.27. The van der Waals surface area contributed by atoms with Crippen LogP contribution in [0.1, 0.15) is 11.1 Å². The van der Waals surface area contributed by atoms with Crippen LogP contribution in [0.5, 0.6) is 5.75 Å². The smallest absolute Gasteiger partial charge is 0.262 e. The van der Waals surface area contributed by atoms with Crippen molar-refractivity contribution in [2.45, 2.75) is 18.7 Å². The molecule has 21 heavy (non-hydrogen) atoms. The third-order valence-electron chi connectivity index (χ3n) is 3.06. The molecule has 0 bridgehead atoms. The lowest BCUT2D eigenvalue weighted by Gasteiger charge is -2.13. The van der Waals surface area contributed by atoms with E-state index in [1.807, 2.05) is 13.0 Å². The summed E-state index contributed by atoms with van der Waals surface area (Å²) in [7, 11) is -2.07. The number of aryl methyl sites for hydroxylation is 2. The minimum absolute atomic E-state index is 0.251. The lowest BCUT2D eigenvalue weighted by atomic mass is 10.1. The molecule has 0 fully saturated rings. The molecule has 4 nitrogen and oxygen atoms in total. The van der Waals surface area contributed by atoms with Gasteiger partial charge in [0, 0.05) is 10.2 Å². The molecule has 6 heteroatoms. The molecule has 112 valence electrons. The summed E-state index contributed by atoms with van der Waals surface area (Å²) in [4.78, 5) is 0.251. The first kappa shape index (κ1) is 15.9. The molecule has 2 aromatic carbocycles. The van der Waals surface area contributed by atoms with Gasteiger partial charge < -0.3 is 4.74 Å². The molecule has 0 aliphatic rings. The number of hydrogen-bond acceptors (Lipinski definition) is 3. The van der Waals surface area contributed by atoms with Crippen LogP contribution >= 0.6 is 15.9 Å². The molecule has 0 heterocycles. The molecule has 0 atom stereocenters. The van der Waals surface area contributed by atoms with Crippen LogP contribution in [-0.2, 0) is 10.0 Å². The van der Waals surface area contributed by atoms with Crippen molar-refractivity contribution in [3.05, 3.63) is 52.0 Å². The number of rotatable bonds is 4. The van der Waals surface area contributed by atoms with E-state index in [1.165, 1.54) is 0 Å². The highest BCUT2D eigenvalue weighted by Crippen LogP contribution is 2.27. The van der Waals surface area contributed by atoms with E-state index >= 15 is 0 Å². The lowest BCUT2D eigenvalue weighted by Crippen LogP contribution is -2.14. The van der Waals surface area contributed by atoms with Crippen LogP contribution in [0.3, 0.4) is 0 Å². The SMILES string of the molecule is COc1cc(C)c(S(=O)(=O)Nc2cccc(Br)c2)cc1C. The molecule has 0 aliphatic carbocycles. The predicted octanol–water partition coefficient (Wildman–Crippen LogP) is 3.88. The Bertz CT molecular complexity index is 772. The van der Waals surface area contributed by atoms with Gasteiger partial charge >= 0.3 is 0 Å². The highest BCUT2D eigenvalue weighted by atomic mass is 79.9. The largest absolute Gasteiger partial charge is 0.496 e. The van der Waals surface area contributed by atoms with E-state index in [0.29, 0.717) is 17.0 Å². The van der Waals surface area contributed by atoms with E-state index in [4.69, 9.17) is 4.74 Å². The third kappa shape index (κ3) is 3.57. The van der Waals surface area contributed by atoms with Crippen LogP contribution in [0, 0.1) is 13.8 Å². The summed E-state index contributed by atoms with van der Waals surface area (Å²) in [5.74, 6) is 0.675. The minimum atomic E-state index is -3.63. The van der Waals surface area contributed by atoms with Gasteiger partial charge in [0.05, 0.1) is 12.0 Å². The Labute approximate surface area is 133 Å². The van der Waals surface area contributed by atoms with E-state index < -0.39 is 10.0 Å². The Balaban J connectivity index is 2.42. The number of ether oxygens (including phenoxy) is 1. The number of hydrogen-bond donors (Lipinski definition) is 1. The van der Waals surface area contributed by atoms with Gasteiger partial charge in [-0.2, -0.15) is 0 Å². The van der Waals surface area contributed by atoms with Crippen LogP contribution in [0.15, 0.2) is 45.8 Å². The molecule has 0 saturated heterocycles. The van der Waals surface area contributed by atoms with Crippen molar-refractivity contribution in [3.63, 3.8) is 0 Å². The van der Waals surface area contributed by atoms with Gasteiger partial charge in [0.1, 0.15) is 5.75 Å². The van der Waals surface area contributed by atoms with Crippen molar-refractivity contribution in [3.8, 4) is 5.75 Å². The zero-order valence-corrected chi connectivity index (χ0v) is 14.4. The Kier molecular flexibility index (Phi) is 4.58. The number of benzene rings is 2. The number of halogens is 1. The predicted molar refractivity (Wildman–Crippen MR) is 87.4 cm³/mol. The summed E-state index contributed by atoms with van der Waals surface area (Å²) in [6.45, 7) is 3.56. The number of methoxy groups -OCH3 is 1. The molecule has 0 aliphatic heterocycles. The van der Waals surface area contributed by atoms with Gasteiger partial charge in [-0.15, -0.1) is 0 Å². The van der Waals surface area contributed by atoms with Gasteiger partial charge in [-0.05, 0) is 55.3 Å². The minimum Gasteiger partial charge on any atom is -0.496 e. The quantitative estimate of drug-likeness (QED) is 0.889. The van der Waals surface area contributed by atoms with Gasteiger partial charge in [0.25, 0.3) is 10.0 Å². The van der Waals surface area contributed by atoms with Gasteiger partial charge in [-0.1, -0.05) is 22.0 Å². The van der Waals surface area contributed by atoms with Gasteiger partial charge in [0.2, 0.25) is 0 Å². The highest BCUT2D eigenvalue weighted by Gasteiger charge is 2.19. The number of anilines is 1. The highest BCUT2D eigenvalue weighted by molar-refractivity contribution is 9.10. The van der Waals surface area contributed by atoms with E-state index in [9.17, 15) is 8.42 Å². The van der Waals surface area contributed by atoms with Gasteiger partial charge in [0.15, 0.2) is 0 Å². The van der Waals surface area contributed by atoms with Gasteiger partial charge in [-0.3, -0.25) is 4.72 Å². The maximum absolute atomic E-state index is 12.5. The fourth-order valence-electron chi connectivity index (χ4n) is 2.03. The molecule has 0 unspecified atom stereocenters. The fourth-order valence-corrected chi connectivity index (χ4v) is 3.80. The van der Waals surface area contributed by atoms with Crippen LogP contribution in [0.2, 0.25) is 0 Å². The van der Waals surface area contributed by atoms with Crippen molar-refractivity contribution < 1.29 is 13.2 Å². The van der Waals surface area contributed by atoms with E-state index in [1.54, 1.807) is 44.4 Å². The van der Waals surface area contributed by atoms with E-state index in [2.05, 4.69) is 20.7 Å². The Morgan fingerprint density at radius 1 is 1.10 bits per heavy atom.